The van der Waals surface area contributed by atoms with Crippen molar-refractivity contribution in [3.05, 3.63) is 69.1 Å². The van der Waals surface area contributed by atoms with E-state index in [0.717, 1.165) is 43.1 Å². The molecule has 1 aromatic heterocycles. The van der Waals surface area contributed by atoms with Crippen molar-refractivity contribution in [1.29, 1.82) is 0 Å². The number of nitrogens with zero attached hydrogens (tertiary/aromatic N) is 2. The smallest absolute Gasteiger partial charge is 0.335 e. The number of hydrogen-bond acceptors (Lipinski definition) is 3. The van der Waals surface area contributed by atoms with Gasteiger partial charge in [-0.05, 0) is 42.7 Å². The summed E-state index contributed by atoms with van der Waals surface area (Å²) in [5, 5.41) is 10.0. The van der Waals surface area contributed by atoms with E-state index in [1.54, 1.807) is 16.7 Å². The van der Waals surface area contributed by atoms with Crippen LogP contribution in [0.25, 0.3) is 11.0 Å². The highest BCUT2D eigenvalue weighted by molar-refractivity contribution is 6.31. The van der Waals surface area contributed by atoms with Gasteiger partial charge in [0.1, 0.15) is 0 Å². The van der Waals surface area contributed by atoms with E-state index in [4.69, 9.17) is 11.6 Å². The number of benzene rings is 2. The Balaban J connectivity index is 0.00000225. The zero-order chi connectivity index (χ0) is 19.0. The molecule has 1 saturated heterocycles. The molecule has 0 atom stereocenters. The third-order valence-corrected chi connectivity index (χ3v) is 5.61. The van der Waals surface area contributed by atoms with Gasteiger partial charge in [-0.2, -0.15) is 0 Å². The predicted molar refractivity (Wildman–Crippen MR) is 112 cm³/mol. The molecule has 1 fully saturated rings. The number of piperidine rings is 1. The number of rotatable bonds is 4. The first kappa shape index (κ1) is 20.5. The maximum Gasteiger partial charge on any atom is 0.335 e. The fourth-order valence-corrected chi connectivity index (χ4v) is 4.02. The van der Waals surface area contributed by atoms with Crippen LogP contribution in [0.1, 0.15) is 34.8 Å². The molecule has 0 unspecified atom stereocenters. The van der Waals surface area contributed by atoms with Crippen molar-refractivity contribution < 1.29 is 9.90 Å². The second-order valence-electron chi connectivity index (χ2n) is 6.94. The SMILES string of the molecule is Cl.O=C(O)c1ccc2[nH]c(=O)n(C3CCN(Cc4ccccc4Cl)CC3)c2c1. The Bertz CT molecular complexity index is 1050. The summed E-state index contributed by atoms with van der Waals surface area (Å²) in [4.78, 5) is 28.9. The Morgan fingerprint density at radius 2 is 1.89 bits per heavy atom. The van der Waals surface area contributed by atoms with Crippen LogP contribution in [0.2, 0.25) is 5.02 Å². The Labute approximate surface area is 173 Å². The number of aromatic amines is 1. The Morgan fingerprint density at radius 3 is 2.57 bits per heavy atom. The molecule has 1 aliphatic rings. The molecule has 0 spiro atoms. The van der Waals surface area contributed by atoms with Crippen molar-refractivity contribution in [3.63, 3.8) is 0 Å². The van der Waals surface area contributed by atoms with Gasteiger partial charge in [-0.25, -0.2) is 9.59 Å². The first-order valence-electron chi connectivity index (χ1n) is 8.96. The van der Waals surface area contributed by atoms with Crippen molar-refractivity contribution in [3.8, 4) is 0 Å². The third-order valence-electron chi connectivity index (χ3n) is 5.24. The zero-order valence-corrected chi connectivity index (χ0v) is 16.7. The van der Waals surface area contributed by atoms with E-state index in [1.807, 2.05) is 24.3 Å². The van der Waals surface area contributed by atoms with Gasteiger partial charge in [-0.15, -0.1) is 12.4 Å². The molecule has 3 aromatic rings. The molecule has 0 aliphatic carbocycles. The van der Waals surface area contributed by atoms with E-state index in [9.17, 15) is 14.7 Å². The molecule has 0 amide bonds. The lowest BCUT2D eigenvalue weighted by Crippen LogP contribution is -2.36. The molecule has 0 radical (unpaired) electrons. The minimum atomic E-state index is -0.994. The van der Waals surface area contributed by atoms with Gasteiger partial charge in [-0.3, -0.25) is 9.47 Å². The van der Waals surface area contributed by atoms with Gasteiger partial charge in [0.2, 0.25) is 0 Å². The number of imidazole rings is 1. The van der Waals surface area contributed by atoms with Gasteiger partial charge in [-0.1, -0.05) is 29.8 Å². The first-order valence-corrected chi connectivity index (χ1v) is 9.34. The normalized spacial score (nSPS) is 15.5. The number of carboxylic acids is 1. The quantitative estimate of drug-likeness (QED) is 0.668. The van der Waals surface area contributed by atoms with Crippen molar-refractivity contribution in [2.75, 3.05) is 13.1 Å². The molecule has 28 heavy (non-hydrogen) atoms. The van der Waals surface area contributed by atoms with Crippen LogP contribution in [0.3, 0.4) is 0 Å². The third kappa shape index (κ3) is 3.94. The fourth-order valence-electron chi connectivity index (χ4n) is 3.82. The second kappa shape index (κ2) is 8.39. The van der Waals surface area contributed by atoms with Crippen molar-refractivity contribution in [1.82, 2.24) is 14.5 Å². The van der Waals surface area contributed by atoms with Crippen LogP contribution in [0.15, 0.2) is 47.3 Å². The monoisotopic (exact) mass is 421 g/mol. The van der Waals surface area contributed by atoms with Crippen LogP contribution in [0, 0.1) is 0 Å². The minimum absolute atomic E-state index is 0. The fraction of sp³-hybridized carbons (Fsp3) is 0.300. The molecular weight excluding hydrogens is 401 g/mol. The molecule has 2 N–H and O–H groups in total. The average molecular weight is 422 g/mol. The summed E-state index contributed by atoms with van der Waals surface area (Å²) in [7, 11) is 0. The number of likely N-dealkylation sites (tertiary alicyclic amines) is 1. The molecule has 2 aromatic carbocycles. The lowest BCUT2D eigenvalue weighted by Gasteiger charge is -2.32. The highest BCUT2D eigenvalue weighted by Gasteiger charge is 2.24. The molecule has 1 aliphatic heterocycles. The number of fused-ring (bicyclic) bond motifs is 1. The van der Waals surface area contributed by atoms with Gasteiger partial charge in [0.25, 0.3) is 0 Å². The van der Waals surface area contributed by atoms with Crippen LogP contribution in [0.4, 0.5) is 0 Å². The van der Waals surface area contributed by atoms with Crippen LogP contribution in [0.5, 0.6) is 0 Å². The maximum absolute atomic E-state index is 12.5. The summed E-state index contributed by atoms with van der Waals surface area (Å²) >= 11 is 6.26. The van der Waals surface area contributed by atoms with Gasteiger partial charge < -0.3 is 10.1 Å². The molecule has 8 heteroatoms. The number of aromatic carboxylic acids is 1. The Hall–Kier alpha value is -2.28. The van der Waals surface area contributed by atoms with E-state index < -0.39 is 5.97 Å². The number of halogens is 2. The van der Waals surface area contributed by atoms with Crippen molar-refractivity contribution >= 4 is 41.0 Å². The molecule has 0 bridgehead atoms. The minimum Gasteiger partial charge on any atom is -0.478 e. The molecule has 148 valence electrons. The summed E-state index contributed by atoms with van der Waals surface area (Å²) in [6, 6.07) is 12.6. The molecule has 4 rings (SSSR count). The summed E-state index contributed by atoms with van der Waals surface area (Å²) in [5.41, 5.74) is 2.43. The standard InChI is InChI=1S/C20H20ClN3O3.ClH/c21-16-4-2-1-3-14(16)12-23-9-7-15(8-10-23)24-18-11-13(19(25)26)5-6-17(18)22-20(24)27;/h1-6,11,15H,7-10,12H2,(H,22,27)(H,25,26);1H. The Kier molecular flexibility index (Phi) is 6.13. The molecule has 0 saturated carbocycles. The van der Waals surface area contributed by atoms with Gasteiger partial charge in [0.15, 0.2) is 0 Å². The van der Waals surface area contributed by atoms with Crippen molar-refractivity contribution in [2.24, 2.45) is 0 Å². The van der Waals surface area contributed by atoms with E-state index in [1.165, 1.54) is 6.07 Å². The number of H-pyrrole nitrogens is 1. The average Bonchev–Trinajstić information content (AvgIpc) is 2.99. The van der Waals surface area contributed by atoms with Gasteiger partial charge in [0.05, 0.1) is 16.6 Å². The summed E-state index contributed by atoms with van der Waals surface area (Å²) in [6.07, 6.45) is 1.66. The molecule has 6 nitrogen and oxygen atoms in total. The molecule has 2 heterocycles. The highest BCUT2D eigenvalue weighted by Crippen LogP contribution is 2.27. The predicted octanol–water partition coefficient (Wildman–Crippen LogP) is 3.94. The number of aromatic nitrogens is 2. The summed E-state index contributed by atoms with van der Waals surface area (Å²) in [5.74, 6) is -0.994. The van der Waals surface area contributed by atoms with E-state index >= 15 is 0 Å². The van der Waals surface area contributed by atoms with E-state index in [0.29, 0.717) is 11.0 Å². The highest BCUT2D eigenvalue weighted by atomic mass is 35.5. The summed E-state index contributed by atoms with van der Waals surface area (Å²) < 4.78 is 1.72. The zero-order valence-electron chi connectivity index (χ0n) is 15.1. The van der Waals surface area contributed by atoms with E-state index in [2.05, 4.69) is 9.88 Å². The second-order valence-corrected chi connectivity index (χ2v) is 7.34. The van der Waals surface area contributed by atoms with E-state index in [-0.39, 0.29) is 29.7 Å². The Morgan fingerprint density at radius 1 is 1.18 bits per heavy atom. The summed E-state index contributed by atoms with van der Waals surface area (Å²) in [6.45, 7) is 2.50. The topological polar surface area (TPSA) is 78.3 Å². The van der Waals surface area contributed by atoms with Crippen LogP contribution < -0.4 is 5.69 Å². The number of carbonyl (C=O) groups is 1. The molecular formula is C20H21Cl2N3O3. The number of hydrogen-bond donors (Lipinski definition) is 2. The van der Waals surface area contributed by atoms with Crippen LogP contribution >= 0.6 is 24.0 Å². The van der Waals surface area contributed by atoms with Crippen LogP contribution in [-0.2, 0) is 6.54 Å². The number of carboxylic acid groups (broad SMARTS) is 1. The lowest BCUT2D eigenvalue weighted by atomic mass is 10.0. The van der Waals surface area contributed by atoms with Crippen molar-refractivity contribution in [2.45, 2.75) is 25.4 Å². The van der Waals surface area contributed by atoms with Crippen LogP contribution in [-0.4, -0.2) is 38.6 Å². The van der Waals surface area contributed by atoms with Gasteiger partial charge >= 0.3 is 11.7 Å². The van der Waals surface area contributed by atoms with Gasteiger partial charge in [0, 0.05) is 30.7 Å². The maximum atomic E-state index is 12.5. The first-order chi connectivity index (χ1) is 13.0. The largest absolute Gasteiger partial charge is 0.478 e. The lowest BCUT2D eigenvalue weighted by molar-refractivity contribution is 0.0697. The number of nitrogens with one attached hydrogen (secondary N) is 1.